The van der Waals surface area contributed by atoms with Crippen LogP contribution in [0.2, 0.25) is 0 Å². The summed E-state index contributed by atoms with van der Waals surface area (Å²) in [5.74, 6) is 0.488. The van der Waals surface area contributed by atoms with E-state index in [1.54, 1.807) is 6.20 Å². The molecule has 0 spiro atoms. The quantitative estimate of drug-likeness (QED) is 0.823. The molecule has 2 unspecified atom stereocenters. The van der Waals surface area contributed by atoms with Crippen LogP contribution in [0.15, 0.2) is 12.3 Å². The Labute approximate surface area is 103 Å². The highest BCUT2D eigenvalue weighted by molar-refractivity contribution is 5.44. The lowest BCUT2D eigenvalue weighted by molar-refractivity contribution is -0.0471. The molecule has 17 heavy (non-hydrogen) atoms. The van der Waals surface area contributed by atoms with Crippen molar-refractivity contribution in [2.75, 3.05) is 12.3 Å². The molecule has 0 aliphatic rings. The molecule has 4 heteroatoms. The molecule has 4 N–H and O–H groups in total. The summed E-state index contributed by atoms with van der Waals surface area (Å²) in [6.07, 6.45) is 2.57. The van der Waals surface area contributed by atoms with Crippen molar-refractivity contribution in [3.05, 3.63) is 23.4 Å². The Morgan fingerprint density at radius 3 is 2.65 bits per heavy atom. The van der Waals surface area contributed by atoms with Gasteiger partial charge in [-0.3, -0.25) is 0 Å². The van der Waals surface area contributed by atoms with Crippen molar-refractivity contribution in [2.45, 2.75) is 45.8 Å². The van der Waals surface area contributed by atoms with Gasteiger partial charge in [-0.05, 0) is 38.8 Å². The molecule has 0 saturated carbocycles. The third-order valence-corrected chi connectivity index (χ3v) is 3.26. The van der Waals surface area contributed by atoms with Gasteiger partial charge in [-0.15, -0.1) is 0 Å². The molecular formula is C13H23N3O. The second-order valence-corrected chi connectivity index (χ2v) is 4.56. The third kappa shape index (κ3) is 2.96. The maximum absolute atomic E-state index is 6.29. The Balaban J connectivity index is 3.09. The number of rotatable bonds is 5. The van der Waals surface area contributed by atoms with Gasteiger partial charge in [0.25, 0.3) is 0 Å². The van der Waals surface area contributed by atoms with Crippen LogP contribution in [0.25, 0.3) is 0 Å². The first kappa shape index (κ1) is 13.9. The van der Waals surface area contributed by atoms with Crippen molar-refractivity contribution in [1.29, 1.82) is 0 Å². The number of nitrogens with two attached hydrogens (primary N) is 2. The highest BCUT2D eigenvalue weighted by atomic mass is 16.5. The molecule has 0 amide bonds. The monoisotopic (exact) mass is 237 g/mol. The second-order valence-electron chi connectivity index (χ2n) is 4.56. The number of anilines is 1. The highest BCUT2D eigenvalue weighted by Gasteiger charge is 2.33. The number of pyridine rings is 1. The van der Waals surface area contributed by atoms with Gasteiger partial charge in [0, 0.05) is 18.4 Å². The van der Waals surface area contributed by atoms with Gasteiger partial charge in [0.2, 0.25) is 0 Å². The van der Waals surface area contributed by atoms with Crippen molar-refractivity contribution in [3.63, 3.8) is 0 Å². The Morgan fingerprint density at radius 2 is 2.12 bits per heavy atom. The van der Waals surface area contributed by atoms with Crippen LogP contribution >= 0.6 is 0 Å². The van der Waals surface area contributed by atoms with E-state index in [4.69, 9.17) is 16.2 Å². The predicted octanol–water partition coefficient (Wildman–Crippen LogP) is 2.18. The Morgan fingerprint density at radius 1 is 1.47 bits per heavy atom. The zero-order valence-corrected chi connectivity index (χ0v) is 11.2. The molecule has 0 fully saturated rings. The lowest BCUT2D eigenvalue weighted by Gasteiger charge is -2.35. The normalized spacial score (nSPS) is 16.5. The van der Waals surface area contributed by atoms with Crippen molar-refractivity contribution < 1.29 is 4.74 Å². The molecule has 0 aliphatic carbocycles. The summed E-state index contributed by atoms with van der Waals surface area (Å²) in [5.41, 5.74) is 13.7. The standard InChI is InChI=1S/C13H23N3O/c1-5-13(4,17-6-2)11(14)10-7-9(3)8-16-12(10)15/h7-8,11H,5-6,14H2,1-4H3,(H2,15,16). The first-order valence-electron chi connectivity index (χ1n) is 6.06. The van der Waals surface area contributed by atoms with E-state index in [0.29, 0.717) is 12.4 Å². The molecule has 1 aromatic rings. The maximum Gasteiger partial charge on any atom is 0.128 e. The molecule has 1 heterocycles. The number of nitrogen functional groups attached to an aromatic ring is 1. The van der Waals surface area contributed by atoms with Crippen molar-refractivity contribution in [2.24, 2.45) is 5.73 Å². The third-order valence-electron chi connectivity index (χ3n) is 3.26. The molecule has 0 saturated heterocycles. The summed E-state index contributed by atoms with van der Waals surface area (Å²) in [6, 6.07) is 1.72. The number of hydrogen-bond donors (Lipinski definition) is 2. The van der Waals surface area contributed by atoms with E-state index in [9.17, 15) is 0 Å². The van der Waals surface area contributed by atoms with Gasteiger partial charge in [-0.25, -0.2) is 4.98 Å². The van der Waals surface area contributed by atoms with E-state index in [2.05, 4.69) is 11.9 Å². The predicted molar refractivity (Wildman–Crippen MR) is 70.6 cm³/mol. The smallest absolute Gasteiger partial charge is 0.128 e. The Hall–Kier alpha value is -1.13. The molecule has 0 bridgehead atoms. The number of nitrogens with zero attached hydrogens (tertiary/aromatic N) is 1. The van der Waals surface area contributed by atoms with E-state index in [1.807, 2.05) is 26.8 Å². The summed E-state index contributed by atoms with van der Waals surface area (Å²) in [5, 5.41) is 0. The maximum atomic E-state index is 6.29. The molecule has 1 aromatic heterocycles. The minimum atomic E-state index is -0.404. The van der Waals surface area contributed by atoms with Crippen molar-refractivity contribution >= 4 is 5.82 Å². The van der Waals surface area contributed by atoms with Crippen LogP contribution in [0.3, 0.4) is 0 Å². The average Bonchev–Trinajstić information content (AvgIpc) is 2.31. The fourth-order valence-corrected chi connectivity index (χ4v) is 1.92. The molecule has 0 aliphatic heterocycles. The number of ether oxygens (including phenoxy) is 1. The van der Waals surface area contributed by atoms with E-state index in [0.717, 1.165) is 17.5 Å². The van der Waals surface area contributed by atoms with Crippen LogP contribution < -0.4 is 11.5 Å². The Bertz CT molecular complexity index is 381. The van der Waals surface area contributed by atoms with E-state index in [1.165, 1.54) is 0 Å². The van der Waals surface area contributed by atoms with E-state index >= 15 is 0 Å². The van der Waals surface area contributed by atoms with Crippen LogP contribution in [-0.2, 0) is 4.74 Å². The average molecular weight is 237 g/mol. The fourth-order valence-electron chi connectivity index (χ4n) is 1.92. The van der Waals surface area contributed by atoms with Crippen LogP contribution in [-0.4, -0.2) is 17.2 Å². The van der Waals surface area contributed by atoms with Crippen LogP contribution in [0.1, 0.15) is 44.4 Å². The fraction of sp³-hybridized carbons (Fsp3) is 0.615. The van der Waals surface area contributed by atoms with Crippen molar-refractivity contribution in [1.82, 2.24) is 4.98 Å². The van der Waals surface area contributed by atoms with Crippen molar-refractivity contribution in [3.8, 4) is 0 Å². The van der Waals surface area contributed by atoms with Gasteiger partial charge in [-0.1, -0.05) is 6.92 Å². The van der Waals surface area contributed by atoms with Gasteiger partial charge in [0.15, 0.2) is 0 Å². The van der Waals surface area contributed by atoms with E-state index < -0.39 is 5.60 Å². The summed E-state index contributed by atoms with van der Waals surface area (Å²) in [4.78, 5) is 4.15. The summed E-state index contributed by atoms with van der Waals surface area (Å²) < 4.78 is 5.78. The summed E-state index contributed by atoms with van der Waals surface area (Å²) in [6.45, 7) is 8.67. The largest absolute Gasteiger partial charge is 0.383 e. The van der Waals surface area contributed by atoms with Gasteiger partial charge >= 0.3 is 0 Å². The zero-order chi connectivity index (χ0) is 13.1. The molecule has 1 rings (SSSR count). The van der Waals surface area contributed by atoms with Gasteiger partial charge in [0.05, 0.1) is 11.6 Å². The van der Waals surface area contributed by atoms with Gasteiger partial charge < -0.3 is 16.2 Å². The molecular weight excluding hydrogens is 214 g/mol. The lowest BCUT2D eigenvalue weighted by Crippen LogP contribution is -2.41. The van der Waals surface area contributed by atoms with Gasteiger partial charge in [0.1, 0.15) is 5.82 Å². The van der Waals surface area contributed by atoms with E-state index in [-0.39, 0.29) is 6.04 Å². The first-order chi connectivity index (χ1) is 7.94. The number of hydrogen-bond acceptors (Lipinski definition) is 4. The Kier molecular flexibility index (Phi) is 4.48. The molecule has 96 valence electrons. The first-order valence-corrected chi connectivity index (χ1v) is 6.06. The van der Waals surface area contributed by atoms with Gasteiger partial charge in [-0.2, -0.15) is 0 Å². The number of aryl methyl sites for hydroxylation is 1. The SMILES string of the molecule is CCOC(C)(CC)C(N)c1cc(C)cnc1N. The topological polar surface area (TPSA) is 74.2 Å². The summed E-state index contributed by atoms with van der Waals surface area (Å²) >= 11 is 0. The van der Waals surface area contributed by atoms with Crippen LogP contribution in [0.5, 0.6) is 0 Å². The molecule has 0 radical (unpaired) electrons. The minimum absolute atomic E-state index is 0.264. The number of aromatic nitrogens is 1. The lowest BCUT2D eigenvalue weighted by atomic mass is 9.88. The van der Waals surface area contributed by atoms with Crippen LogP contribution in [0, 0.1) is 6.92 Å². The molecule has 0 aromatic carbocycles. The highest BCUT2D eigenvalue weighted by Crippen LogP contribution is 2.32. The molecule has 2 atom stereocenters. The second kappa shape index (κ2) is 5.47. The zero-order valence-electron chi connectivity index (χ0n) is 11.2. The summed E-state index contributed by atoms with van der Waals surface area (Å²) in [7, 11) is 0. The molecule has 4 nitrogen and oxygen atoms in total. The van der Waals surface area contributed by atoms with Crippen LogP contribution in [0.4, 0.5) is 5.82 Å². The minimum Gasteiger partial charge on any atom is -0.383 e.